The summed E-state index contributed by atoms with van der Waals surface area (Å²) in [5.41, 5.74) is 1.61. The Balaban J connectivity index is 2.13. The SMILES string of the molecule is Fc1ccc(OCc2ccncc2Cl)c(CBr)c1. The molecule has 0 aliphatic rings. The van der Waals surface area contributed by atoms with E-state index >= 15 is 0 Å². The van der Waals surface area contributed by atoms with Crippen molar-refractivity contribution < 1.29 is 9.13 Å². The second-order valence-electron chi connectivity index (χ2n) is 3.64. The third kappa shape index (κ3) is 3.21. The standard InChI is InChI=1S/C13H10BrClFNO/c14-6-10-5-11(16)1-2-13(10)18-8-9-3-4-17-7-12(9)15/h1-5,7H,6,8H2. The third-order valence-corrected chi connectivity index (χ3v) is 3.35. The Kier molecular flexibility index (Phi) is 4.55. The number of hydrogen-bond acceptors (Lipinski definition) is 2. The number of rotatable bonds is 4. The van der Waals surface area contributed by atoms with E-state index in [1.165, 1.54) is 12.1 Å². The number of halogens is 3. The Labute approximate surface area is 118 Å². The Morgan fingerprint density at radius 2 is 2.11 bits per heavy atom. The van der Waals surface area contributed by atoms with Crippen LogP contribution < -0.4 is 4.74 Å². The van der Waals surface area contributed by atoms with Crippen LogP contribution in [0.3, 0.4) is 0 Å². The van der Waals surface area contributed by atoms with Gasteiger partial charge in [0, 0.05) is 28.9 Å². The Bertz CT molecular complexity index is 550. The van der Waals surface area contributed by atoms with E-state index in [-0.39, 0.29) is 5.82 Å². The average Bonchev–Trinajstić information content (AvgIpc) is 2.39. The molecule has 0 saturated heterocycles. The normalized spacial score (nSPS) is 10.4. The van der Waals surface area contributed by atoms with E-state index in [0.29, 0.717) is 22.7 Å². The minimum atomic E-state index is -0.279. The first-order valence-electron chi connectivity index (χ1n) is 5.26. The molecule has 2 rings (SSSR count). The lowest BCUT2D eigenvalue weighted by Gasteiger charge is -2.10. The Morgan fingerprint density at radius 1 is 1.28 bits per heavy atom. The predicted octanol–water partition coefficient (Wildman–Crippen LogP) is 4.35. The van der Waals surface area contributed by atoms with Gasteiger partial charge in [0.1, 0.15) is 18.2 Å². The molecule has 0 atom stereocenters. The fraction of sp³-hybridized carbons (Fsp3) is 0.154. The van der Waals surface area contributed by atoms with Gasteiger partial charge in [0.25, 0.3) is 0 Å². The van der Waals surface area contributed by atoms with Crippen LogP contribution in [-0.2, 0) is 11.9 Å². The molecule has 0 aliphatic carbocycles. The zero-order valence-corrected chi connectivity index (χ0v) is 11.7. The van der Waals surface area contributed by atoms with E-state index in [0.717, 1.165) is 11.1 Å². The number of benzene rings is 1. The summed E-state index contributed by atoms with van der Waals surface area (Å²) in [5, 5.41) is 1.09. The lowest BCUT2D eigenvalue weighted by Crippen LogP contribution is -1.99. The van der Waals surface area contributed by atoms with Crippen molar-refractivity contribution in [1.82, 2.24) is 4.98 Å². The van der Waals surface area contributed by atoms with E-state index in [1.807, 2.05) is 0 Å². The highest BCUT2D eigenvalue weighted by Crippen LogP contribution is 2.24. The molecule has 0 bridgehead atoms. The molecule has 1 aromatic carbocycles. The highest BCUT2D eigenvalue weighted by Gasteiger charge is 2.06. The van der Waals surface area contributed by atoms with Gasteiger partial charge < -0.3 is 4.74 Å². The lowest BCUT2D eigenvalue weighted by molar-refractivity contribution is 0.303. The molecule has 0 amide bonds. The molecule has 0 aliphatic heterocycles. The van der Waals surface area contributed by atoms with Crippen molar-refractivity contribution in [3.05, 3.63) is 58.6 Å². The van der Waals surface area contributed by atoms with Crippen molar-refractivity contribution in [2.75, 3.05) is 0 Å². The summed E-state index contributed by atoms with van der Waals surface area (Å²) in [7, 11) is 0. The number of alkyl halides is 1. The Hall–Kier alpha value is -1.13. The molecule has 2 nitrogen and oxygen atoms in total. The van der Waals surface area contributed by atoms with Crippen LogP contribution >= 0.6 is 27.5 Å². The minimum Gasteiger partial charge on any atom is -0.489 e. The van der Waals surface area contributed by atoms with E-state index < -0.39 is 0 Å². The van der Waals surface area contributed by atoms with Crippen molar-refractivity contribution in [2.24, 2.45) is 0 Å². The van der Waals surface area contributed by atoms with Crippen molar-refractivity contribution in [2.45, 2.75) is 11.9 Å². The summed E-state index contributed by atoms with van der Waals surface area (Å²) in [4.78, 5) is 3.90. The molecular formula is C13H10BrClFNO. The summed E-state index contributed by atoms with van der Waals surface area (Å²) in [6, 6.07) is 6.22. The maximum Gasteiger partial charge on any atom is 0.124 e. The molecule has 0 spiro atoms. The fourth-order valence-corrected chi connectivity index (χ4v) is 2.08. The molecule has 0 saturated carbocycles. The maximum absolute atomic E-state index is 13.1. The van der Waals surface area contributed by atoms with Crippen LogP contribution in [0, 0.1) is 5.82 Å². The zero-order chi connectivity index (χ0) is 13.0. The predicted molar refractivity (Wildman–Crippen MR) is 72.6 cm³/mol. The maximum atomic E-state index is 13.1. The van der Waals surface area contributed by atoms with Gasteiger partial charge in [0.05, 0.1) is 5.02 Å². The van der Waals surface area contributed by atoms with Crippen LogP contribution in [-0.4, -0.2) is 4.98 Å². The largest absolute Gasteiger partial charge is 0.489 e. The summed E-state index contributed by atoms with van der Waals surface area (Å²) >= 11 is 9.28. The summed E-state index contributed by atoms with van der Waals surface area (Å²) < 4.78 is 18.7. The van der Waals surface area contributed by atoms with E-state index in [2.05, 4.69) is 20.9 Å². The average molecular weight is 331 g/mol. The van der Waals surface area contributed by atoms with Crippen molar-refractivity contribution in [3.63, 3.8) is 0 Å². The van der Waals surface area contributed by atoms with Crippen LogP contribution in [0.4, 0.5) is 4.39 Å². The fourth-order valence-electron chi connectivity index (χ4n) is 1.47. The number of pyridine rings is 1. The van der Waals surface area contributed by atoms with Gasteiger partial charge in [-0.2, -0.15) is 0 Å². The van der Waals surface area contributed by atoms with Gasteiger partial charge in [0.2, 0.25) is 0 Å². The van der Waals surface area contributed by atoms with E-state index in [1.54, 1.807) is 24.5 Å². The van der Waals surface area contributed by atoms with Gasteiger partial charge in [-0.25, -0.2) is 4.39 Å². The third-order valence-electron chi connectivity index (χ3n) is 2.41. The number of hydrogen-bond donors (Lipinski definition) is 0. The first-order valence-corrected chi connectivity index (χ1v) is 6.76. The molecule has 2 aromatic rings. The quantitative estimate of drug-likeness (QED) is 0.778. The molecule has 1 aromatic heterocycles. The number of ether oxygens (including phenoxy) is 1. The molecular weight excluding hydrogens is 321 g/mol. The molecule has 1 heterocycles. The summed E-state index contributed by atoms with van der Waals surface area (Å²) in [6.45, 7) is 0.326. The summed E-state index contributed by atoms with van der Waals surface area (Å²) in [6.07, 6.45) is 3.22. The van der Waals surface area contributed by atoms with Gasteiger partial charge in [-0.3, -0.25) is 4.98 Å². The smallest absolute Gasteiger partial charge is 0.124 e. The highest BCUT2D eigenvalue weighted by molar-refractivity contribution is 9.08. The van der Waals surface area contributed by atoms with Gasteiger partial charge in [0.15, 0.2) is 0 Å². The number of nitrogens with zero attached hydrogens (tertiary/aromatic N) is 1. The van der Waals surface area contributed by atoms with Crippen molar-refractivity contribution in [3.8, 4) is 5.75 Å². The molecule has 94 valence electrons. The van der Waals surface area contributed by atoms with Crippen molar-refractivity contribution >= 4 is 27.5 Å². The van der Waals surface area contributed by atoms with Crippen molar-refractivity contribution in [1.29, 1.82) is 0 Å². The molecule has 0 radical (unpaired) electrons. The first-order chi connectivity index (χ1) is 8.70. The Morgan fingerprint density at radius 3 is 2.83 bits per heavy atom. The van der Waals surface area contributed by atoms with Gasteiger partial charge in [-0.05, 0) is 24.3 Å². The number of aromatic nitrogens is 1. The van der Waals surface area contributed by atoms with E-state index in [4.69, 9.17) is 16.3 Å². The first kappa shape index (κ1) is 13.3. The molecule has 0 unspecified atom stereocenters. The second kappa shape index (κ2) is 6.16. The second-order valence-corrected chi connectivity index (χ2v) is 4.61. The topological polar surface area (TPSA) is 22.1 Å². The summed E-state index contributed by atoms with van der Waals surface area (Å²) in [5.74, 6) is 0.361. The van der Waals surface area contributed by atoms with Crippen LogP contribution in [0.5, 0.6) is 5.75 Å². The zero-order valence-electron chi connectivity index (χ0n) is 9.37. The van der Waals surface area contributed by atoms with Crippen LogP contribution in [0.25, 0.3) is 0 Å². The van der Waals surface area contributed by atoms with E-state index in [9.17, 15) is 4.39 Å². The molecule has 0 fully saturated rings. The molecule has 5 heteroatoms. The monoisotopic (exact) mass is 329 g/mol. The van der Waals surface area contributed by atoms with Crippen LogP contribution in [0.2, 0.25) is 5.02 Å². The van der Waals surface area contributed by atoms with Crippen LogP contribution in [0.1, 0.15) is 11.1 Å². The lowest BCUT2D eigenvalue weighted by atomic mass is 10.2. The van der Waals surface area contributed by atoms with Gasteiger partial charge >= 0.3 is 0 Å². The molecule has 0 N–H and O–H groups in total. The van der Waals surface area contributed by atoms with Crippen LogP contribution in [0.15, 0.2) is 36.7 Å². The molecule has 18 heavy (non-hydrogen) atoms. The minimum absolute atomic E-state index is 0.279. The van der Waals surface area contributed by atoms with Gasteiger partial charge in [-0.1, -0.05) is 27.5 Å². The highest BCUT2D eigenvalue weighted by atomic mass is 79.9. The van der Waals surface area contributed by atoms with Gasteiger partial charge in [-0.15, -0.1) is 0 Å².